The van der Waals surface area contributed by atoms with Gasteiger partial charge >= 0.3 is 0 Å². The van der Waals surface area contributed by atoms with Crippen LogP contribution in [0, 0.1) is 12.7 Å². The van der Waals surface area contributed by atoms with Crippen LogP contribution in [-0.4, -0.2) is 17.1 Å². The monoisotopic (exact) mass is 301 g/mol. The first kappa shape index (κ1) is 16.2. The highest BCUT2D eigenvalue weighted by Gasteiger charge is 2.15. The first-order valence-electron chi connectivity index (χ1n) is 7.27. The first-order valence-corrected chi connectivity index (χ1v) is 7.27. The molecule has 0 saturated heterocycles. The Hall–Kier alpha value is -2.20. The topological polar surface area (TPSA) is 49.3 Å². The molecule has 0 aliphatic rings. The van der Waals surface area contributed by atoms with Crippen molar-refractivity contribution in [2.45, 2.75) is 32.4 Å². The minimum atomic E-state index is -0.647. The van der Waals surface area contributed by atoms with E-state index in [0.29, 0.717) is 12.0 Å². The zero-order chi connectivity index (χ0) is 16.1. The summed E-state index contributed by atoms with van der Waals surface area (Å²) < 4.78 is 13.5. The lowest BCUT2D eigenvalue weighted by atomic mass is 10.0. The molecule has 0 fully saturated rings. The second-order valence-electron chi connectivity index (χ2n) is 5.50. The van der Waals surface area contributed by atoms with Crippen LogP contribution in [0.2, 0.25) is 0 Å². The van der Waals surface area contributed by atoms with Gasteiger partial charge in [0.15, 0.2) is 0 Å². The van der Waals surface area contributed by atoms with E-state index in [1.54, 1.807) is 19.1 Å². The Kier molecular flexibility index (Phi) is 5.28. The van der Waals surface area contributed by atoms with Crippen LogP contribution in [0.4, 0.5) is 4.39 Å². The number of carbonyl (C=O) groups is 1. The number of nitrogens with one attached hydrogen (secondary N) is 1. The Morgan fingerprint density at radius 3 is 2.55 bits per heavy atom. The van der Waals surface area contributed by atoms with Crippen molar-refractivity contribution in [3.8, 4) is 0 Å². The second-order valence-corrected chi connectivity index (χ2v) is 5.50. The number of aliphatic hydroxyl groups is 1. The van der Waals surface area contributed by atoms with Crippen molar-refractivity contribution in [1.82, 2.24) is 5.32 Å². The zero-order valence-corrected chi connectivity index (χ0v) is 12.7. The van der Waals surface area contributed by atoms with Gasteiger partial charge in [0.1, 0.15) is 5.82 Å². The molecule has 1 amide bonds. The molecular weight excluding hydrogens is 281 g/mol. The summed E-state index contributed by atoms with van der Waals surface area (Å²) in [5.74, 6) is -0.740. The smallest absolute Gasteiger partial charge is 0.251 e. The maximum Gasteiger partial charge on any atom is 0.251 e. The van der Waals surface area contributed by atoms with Crippen molar-refractivity contribution < 1.29 is 14.3 Å². The van der Waals surface area contributed by atoms with Gasteiger partial charge in [-0.1, -0.05) is 36.4 Å². The summed E-state index contributed by atoms with van der Waals surface area (Å²) in [5.41, 5.74) is 1.60. The molecule has 0 spiro atoms. The normalized spacial score (nSPS) is 13.5. The van der Waals surface area contributed by atoms with Crippen molar-refractivity contribution in [3.63, 3.8) is 0 Å². The molecule has 0 bridgehead atoms. The molecule has 0 saturated carbocycles. The van der Waals surface area contributed by atoms with Gasteiger partial charge in [0, 0.05) is 11.6 Å². The summed E-state index contributed by atoms with van der Waals surface area (Å²) in [7, 11) is 0. The summed E-state index contributed by atoms with van der Waals surface area (Å²) in [6, 6.07) is 13.4. The molecule has 0 radical (unpaired) electrons. The minimum Gasteiger partial charge on any atom is -0.388 e. The predicted molar refractivity (Wildman–Crippen MR) is 84.1 cm³/mol. The summed E-state index contributed by atoms with van der Waals surface area (Å²) in [5, 5.41) is 12.9. The van der Waals surface area contributed by atoms with Crippen molar-refractivity contribution in [1.29, 1.82) is 0 Å². The molecule has 0 aliphatic carbocycles. The van der Waals surface area contributed by atoms with Crippen molar-refractivity contribution in [3.05, 3.63) is 71.0 Å². The van der Waals surface area contributed by atoms with E-state index >= 15 is 0 Å². The third-order valence-corrected chi connectivity index (χ3v) is 3.57. The van der Waals surface area contributed by atoms with Crippen LogP contribution < -0.4 is 5.32 Å². The van der Waals surface area contributed by atoms with Gasteiger partial charge in [-0.3, -0.25) is 4.79 Å². The van der Waals surface area contributed by atoms with E-state index in [9.17, 15) is 14.3 Å². The molecule has 2 aromatic carbocycles. The predicted octanol–water partition coefficient (Wildman–Crippen LogP) is 3.38. The lowest BCUT2D eigenvalue weighted by Crippen LogP contribution is -2.33. The first-order chi connectivity index (χ1) is 10.5. The molecule has 0 aliphatic heterocycles. The van der Waals surface area contributed by atoms with Crippen LogP contribution in [0.25, 0.3) is 0 Å². The molecule has 2 rings (SSSR count). The van der Waals surface area contributed by atoms with Gasteiger partial charge in [0.2, 0.25) is 0 Å². The number of aliphatic hydroxyl groups excluding tert-OH is 1. The Morgan fingerprint density at radius 2 is 1.91 bits per heavy atom. The van der Waals surface area contributed by atoms with Gasteiger partial charge in [-0.05, 0) is 43.5 Å². The van der Waals surface area contributed by atoms with E-state index in [-0.39, 0.29) is 17.5 Å². The highest BCUT2D eigenvalue weighted by Crippen LogP contribution is 2.18. The number of halogens is 1. The Bertz CT molecular complexity index is 643. The quantitative estimate of drug-likeness (QED) is 0.889. The van der Waals surface area contributed by atoms with E-state index in [2.05, 4.69) is 5.32 Å². The van der Waals surface area contributed by atoms with Crippen molar-refractivity contribution in [2.24, 2.45) is 0 Å². The highest BCUT2D eigenvalue weighted by atomic mass is 19.1. The second kappa shape index (κ2) is 7.18. The van der Waals surface area contributed by atoms with Crippen LogP contribution >= 0.6 is 0 Å². The molecule has 0 heterocycles. The Balaban J connectivity index is 1.95. The van der Waals surface area contributed by atoms with Crippen LogP contribution in [0.1, 0.15) is 40.9 Å². The van der Waals surface area contributed by atoms with Crippen LogP contribution in [0.3, 0.4) is 0 Å². The number of hydrogen-bond acceptors (Lipinski definition) is 2. The number of amides is 1. The number of carbonyl (C=O) groups excluding carboxylic acids is 1. The van der Waals surface area contributed by atoms with Gasteiger partial charge in [-0.25, -0.2) is 4.39 Å². The minimum absolute atomic E-state index is 0.230. The summed E-state index contributed by atoms with van der Waals surface area (Å²) in [4.78, 5) is 12.1. The van der Waals surface area contributed by atoms with Gasteiger partial charge in [-0.2, -0.15) is 0 Å². The third kappa shape index (κ3) is 4.15. The van der Waals surface area contributed by atoms with E-state index in [1.165, 1.54) is 6.07 Å². The largest absolute Gasteiger partial charge is 0.388 e. The maximum atomic E-state index is 13.5. The lowest BCUT2D eigenvalue weighted by Gasteiger charge is -2.18. The van der Waals surface area contributed by atoms with E-state index in [0.717, 1.165) is 5.56 Å². The summed E-state index contributed by atoms with van der Waals surface area (Å²) >= 11 is 0. The average Bonchev–Trinajstić information content (AvgIpc) is 2.50. The van der Waals surface area contributed by atoms with E-state index in [1.807, 2.05) is 37.3 Å². The number of hydrogen-bond donors (Lipinski definition) is 2. The van der Waals surface area contributed by atoms with Crippen LogP contribution in [0.15, 0.2) is 48.5 Å². The number of rotatable bonds is 5. The summed E-state index contributed by atoms with van der Waals surface area (Å²) in [6.07, 6.45) is -0.254. The highest BCUT2D eigenvalue weighted by molar-refractivity contribution is 5.94. The molecule has 2 aromatic rings. The standard InChI is InChI=1S/C18H20FNO2/c1-12-8-9-15(11-16(12)19)18(22)20-13(2)10-17(21)14-6-4-3-5-7-14/h3-9,11,13,17,21H,10H2,1-2H3,(H,20,22). The molecule has 116 valence electrons. The number of aryl methyl sites for hydroxylation is 1. The molecule has 22 heavy (non-hydrogen) atoms. The Morgan fingerprint density at radius 1 is 1.23 bits per heavy atom. The molecule has 4 heteroatoms. The number of benzene rings is 2. The average molecular weight is 301 g/mol. The van der Waals surface area contributed by atoms with Gasteiger partial charge in [-0.15, -0.1) is 0 Å². The molecule has 3 nitrogen and oxygen atoms in total. The van der Waals surface area contributed by atoms with E-state index in [4.69, 9.17) is 0 Å². The van der Waals surface area contributed by atoms with Crippen molar-refractivity contribution >= 4 is 5.91 Å². The zero-order valence-electron chi connectivity index (χ0n) is 12.7. The van der Waals surface area contributed by atoms with Gasteiger partial charge in [0.05, 0.1) is 6.10 Å². The molecule has 2 atom stereocenters. The molecular formula is C18H20FNO2. The third-order valence-electron chi connectivity index (χ3n) is 3.57. The molecule has 2 unspecified atom stereocenters. The maximum absolute atomic E-state index is 13.5. The molecule has 2 N–H and O–H groups in total. The van der Waals surface area contributed by atoms with Crippen LogP contribution in [-0.2, 0) is 0 Å². The fraction of sp³-hybridized carbons (Fsp3) is 0.278. The fourth-order valence-corrected chi connectivity index (χ4v) is 2.25. The lowest BCUT2D eigenvalue weighted by molar-refractivity contribution is 0.0916. The van der Waals surface area contributed by atoms with Crippen molar-refractivity contribution in [2.75, 3.05) is 0 Å². The molecule has 0 aromatic heterocycles. The van der Waals surface area contributed by atoms with Gasteiger partial charge in [0.25, 0.3) is 5.91 Å². The van der Waals surface area contributed by atoms with Crippen LogP contribution in [0.5, 0.6) is 0 Å². The van der Waals surface area contributed by atoms with E-state index < -0.39 is 11.9 Å². The Labute approximate surface area is 129 Å². The van der Waals surface area contributed by atoms with Gasteiger partial charge < -0.3 is 10.4 Å². The SMILES string of the molecule is Cc1ccc(C(=O)NC(C)CC(O)c2ccccc2)cc1F. The summed E-state index contributed by atoms with van der Waals surface area (Å²) in [6.45, 7) is 3.46. The fourth-order valence-electron chi connectivity index (χ4n) is 2.25.